The first-order chi connectivity index (χ1) is 34.7. The van der Waals surface area contributed by atoms with Crippen LogP contribution in [-0.2, 0) is 50.1 Å². The minimum Gasteiger partial charge on any atom is -0.494 e. The molecule has 4 rings (SSSR count). The van der Waals surface area contributed by atoms with E-state index >= 15 is 0 Å². The van der Waals surface area contributed by atoms with Gasteiger partial charge in [-0.15, -0.1) is 0 Å². The van der Waals surface area contributed by atoms with E-state index in [1.165, 1.54) is 42.7 Å². The third-order valence-electron chi connectivity index (χ3n) is 10.00. The van der Waals surface area contributed by atoms with Crippen molar-refractivity contribution in [2.24, 2.45) is 27.5 Å². The Kier molecular flexibility index (Phi) is 23.1. The maximum Gasteiger partial charge on any atom is 0.490 e. The zero-order valence-corrected chi connectivity index (χ0v) is 40.4. The number of hydrazone groups is 1. The van der Waals surface area contributed by atoms with E-state index in [4.69, 9.17) is 26.1 Å². The smallest absolute Gasteiger partial charge is 0.490 e. The molecule has 6 amide bonds. The van der Waals surface area contributed by atoms with Crippen molar-refractivity contribution in [3.8, 4) is 5.75 Å². The molecule has 74 heavy (non-hydrogen) atoms. The minimum atomic E-state index is -5.08. The van der Waals surface area contributed by atoms with Crippen LogP contribution in [0.3, 0.4) is 0 Å². The molecule has 0 radical (unpaired) electrons. The molecule has 0 saturated carbocycles. The Morgan fingerprint density at radius 1 is 0.878 bits per heavy atom. The second-order valence-electron chi connectivity index (χ2n) is 16.2. The number of ether oxygens (including phenoxy) is 1. The lowest BCUT2D eigenvalue weighted by atomic mass is 9.99. The molecule has 1 aromatic heterocycles. The molecule has 30 heteroatoms. The summed E-state index contributed by atoms with van der Waals surface area (Å²) in [5, 5.41) is 35.8. The highest BCUT2D eigenvalue weighted by Crippen LogP contribution is 2.17. The number of aliphatic imine (C=N–C) groups is 1. The number of anilines is 1. The number of aromatic nitrogens is 1. The fourth-order valence-corrected chi connectivity index (χ4v) is 7.00. The van der Waals surface area contributed by atoms with Crippen LogP contribution in [0.2, 0.25) is 0 Å². The topological polar surface area (TPSA) is 414 Å². The Balaban J connectivity index is 0.00000192. The number of carboxylic acid groups (broad SMARTS) is 2. The summed E-state index contributed by atoms with van der Waals surface area (Å²) < 4.78 is 70.1. The Hall–Kier alpha value is -8.41. The SMILES string of the molecule is CC(C)[C@H]1NC(=O)C(CCCN=C(N)N)NC(=O)CNC(=O)[C@@H](CC(=O)O)NC(=O)[C@@H](Cc2ccc(OCCCNC(=O)c3ccc(N/N=C\c4ccccc4S(=O)(=O)O)nc3)cc2)NC1=O.O=C(O)C(F)(F)F. The van der Waals surface area contributed by atoms with E-state index in [1.54, 1.807) is 44.2 Å². The number of nitrogens with two attached hydrogens (primary N) is 2. The number of carbonyl (C=O) groups is 8. The van der Waals surface area contributed by atoms with Crippen molar-refractivity contribution in [1.82, 2.24) is 36.9 Å². The lowest BCUT2D eigenvalue weighted by Crippen LogP contribution is -2.59. The fourth-order valence-electron chi connectivity index (χ4n) is 6.33. The average Bonchev–Trinajstić information content (AvgIpc) is 3.32. The van der Waals surface area contributed by atoms with Gasteiger partial charge in [-0.3, -0.25) is 48.5 Å². The van der Waals surface area contributed by atoms with Gasteiger partial charge in [0.25, 0.3) is 16.0 Å². The van der Waals surface area contributed by atoms with Crippen LogP contribution in [0.4, 0.5) is 19.0 Å². The zero-order chi connectivity index (χ0) is 55.2. The summed E-state index contributed by atoms with van der Waals surface area (Å²) in [7, 11) is -4.45. The number of carbonyl (C=O) groups excluding carboxylic acids is 6. The highest BCUT2D eigenvalue weighted by atomic mass is 32.2. The van der Waals surface area contributed by atoms with Gasteiger partial charge in [-0.05, 0) is 61.1 Å². The molecule has 2 heterocycles. The van der Waals surface area contributed by atoms with Gasteiger partial charge in [-0.25, -0.2) is 9.78 Å². The van der Waals surface area contributed by atoms with Crippen LogP contribution in [0.25, 0.3) is 0 Å². The van der Waals surface area contributed by atoms with Crippen molar-refractivity contribution >= 4 is 75.5 Å². The minimum absolute atomic E-state index is 0.0473. The molecule has 1 aliphatic heterocycles. The first kappa shape index (κ1) is 59.9. The summed E-state index contributed by atoms with van der Waals surface area (Å²) in [6.45, 7) is 3.25. The molecule has 2 aromatic carbocycles. The van der Waals surface area contributed by atoms with Crippen molar-refractivity contribution < 1.29 is 79.4 Å². The van der Waals surface area contributed by atoms with Crippen LogP contribution in [0.5, 0.6) is 5.75 Å². The first-order valence-electron chi connectivity index (χ1n) is 22.1. The lowest BCUT2D eigenvalue weighted by Gasteiger charge is -2.27. The van der Waals surface area contributed by atoms with E-state index in [1.807, 2.05) is 0 Å². The van der Waals surface area contributed by atoms with Crippen LogP contribution in [0.15, 0.2) is 81.8 Å². The number of amides is 6. The van der Waals surface area contributed by atoms with Crippen molar-refractivity contribution in [2.45, 2.75) is 81.2 Å². The van der Waals surface area contributed by atoms with Crippen molar-refractivity contribution in [3.63, 3.8) is 0 Å². The summed E-state index contributed by atoms with van der Waals surface area (Å²) in [5.74, 6) is -8.72. The van der Waals surface area contributed by atoms with E-state index in [-0.39, 0.29) is 66.8 Å². The van der Waals surface area contributed by atoms with Crippen LogP contribution in [0, 0.1) is 5.92 Å². The predicted molar refractivity (Wildman–Crippen MR) is 256 cm³/mol. The van der Waals surface area contributed by atoms with Crippen molar-refractivity contribution in [3.05, 3.63) is 83.6 Å². The van der Waals surface area contributed by atoms with Crippen LogP contribution < -0.4 is 53.5 Å². The first-order valence-corrected chi connectivity index (χ1v) is 23.6. The Morgan fingerprint density at radius 2 is 1.53 bits per heavy atom. The van der Waals surface area contributed by atoms with E-state index < -0.39 is 107 Å². The molecule has 1 aliphatic rings. The molecule has 1 unspecified atom stereocenters. The monoisotopic (exact) mass is 1060 g/mol. The van der Waals surface area contributed by atoms with Gasteiger partial charge in [0, 0.05) is 31.3 Å². The lowest BCUT2D eigenvalue weighted by molar-refractivity contribution is -0.192. The van der Waals surface area contributed by atoms with Gasteiger partial charge in [0.15, 0.2) is 5.96 Å². The van der Waals surface area contributed by atoms with Crippen molar-refractivity contribution in [1.29, 1.82) is 0 Å². The molecule has 1 fully saturated rings. The number of nitrogens with one attached hydrogen (secondary N) is 7. The van der Waals surface area contributed by atoms with Gasteiger partial charge in [0.2, 0.25) is 29.5 Å². The molecule has 0 spiro atoms. The number of pyridine rings is 1. The second-order valence-corrected chi connectivity index (χ2v) is 17.6. The Morgan fingerprint density at radius 3 is 2.12 bits per heavy atom. The van der Waals surface area contributed by atoms with Gasteiger partial charge in [0.05, 0.1) is 31.4 Å². The van der Waals surface area contributed by atoms with Crippen LogP contribution >= 0.6 is 0 Å². The highest BCUT2D eigenvalue weighted by molar-refractivity contribution is 7.86. The number of benzene rings is 2. The number of nitrogens with zero attached hydrogens (tertiary/aromatic N) is 3. The maximum atomic E-state index is 13.8. The summed E-state index contributed by atoms with van der Waals surface area (Å²) in [5.41, 5.74) is 14.3. The molecule has 402 valence electrons. The number of halogens is 3. The Bertz CT molecular complexity index is 2640. The van der Waals surface area contributed by atoms with Crippen LogP contribution in [-0.4, -0.2) is 144 Å². The molecule has 3 aromatic rings. The standard InChI is InChI=1S/C42H54N12O12S.C2HF3O2/c1-24(2)36-41(62)52-30(40(61)51-31(20-35(56)57)38(59)48-23-34(55)50-29(39(60)53-36)8-5-16-46-42(43)44)19-25-10-13-28(14-11-25)66-18-6-17-45-37(58)27-12-15-33(47-21-27)54-49-22-26-7-3-4-9-32(26)67(63,64)65;3-2(4,5)1(6)7/h3-4,7,9-15,21-22,24,29-31,36H,5-6,8,16-20,23H2,1-2H3,(H,45,58)(H,47,54)(H,48,59)(H,50,55)(H,51,61)(H,52,62)(H,53,60)(H,56,57)(H4,43,44,46)(H,63,64,65);(H,6,7)/b49-22-;/t29?,30-,31-,36-;/m1./s1. The zero-order valence-electron chi connectivity index (χ0n) is 39.5. The number of rotatable bonds is 19. The summed E-state index contributed by atoms with van der Waals surface area (Å²) in [6.07, 6.45) is -2.83. The summed E-state index contributed by atoms with van der Waals surface area (Å²) in [4.78, 5) is 108. The maximum absolute atomic E-state index is 13.8. The number of hydrogen-bond donors (Lipinski definition) is 12. The van der Waals surface area contributed by atoms with E-state index in [0.29, 0.717) is 17.7 Å². The largest absolute Gasteiger partial charge is 0.494 e. The third kappa shape index (κ3) is 21.1. The van der Waals surface area contributed by atoms with Gasteiger partial charge in [-0.1, -0.05) is 44.2 Å². The van der Waals surface area contributed by atoms with E-state index in [9.17, 15) is 64.8 Å². The van der Waals surface area contributed by atoms with Gasteiger partial charge in [-0.2, -0.15) is 26.7 Å². The number of alkyl halides is 3. The average molecular weight is 1070 g/mol. The molecule has 1 saturated heterocycles. The summed E-state index contributed by atoms with van der Waals surface area (Å²) >= 11 is 0. The number of carboxylic acids is 2. The van der Waals surface area contributed by atoms with Gasteiger partial charge < -0.3 is 58.3 Å². The molecule has 0 aliphatic carbocycles. The highest BCUT2D eigenvalue weighted by Gasteiger charge is 2.38. The normalized spacial score (nSPS) is 17.9. The fraction of sp³-hybridized carbons (Fsp3) is 0.386. The summed E-state index contributed by atoms with van der Waals surface area (Å²) in [6, 6.07) is 9.85. The Labute approximate surface area is 420 Å². The molecule has 0 bridgehead atoms. The number of guanidine groups is 1. The molecule has 26 nitrogen and oxygen atoms in total. The predicted octanol–water partition coefficient (Wildman–Crippen LogP) is -0.598. The number of hydrogen-bond acceptors (Lipinski definition) is 15. The second kappa shape index (κ2) is 28.6. The van der Waals surface area contributed by atoms with Gasteiger partial charge >= 0.3 is 18.1 Å². The number of aliphatic carboxylic acids is 2. The van der Waals surface area contributed by atoms with Crippen LogP contribution in [0.1, 0.15) is 61.0 Å². The molecule has 4 atom stereocenters. The molecular weight excluding hydrogens is 1010 g/mol. The van der Waals surface area contributed by atoms with E-state index in [0.717, 1.165) is 0 Å². The third-order valence-corrected chi connectivity index (χ3v) is 10.9. The quantitative estimate of drug-likeness (QED) is 0.0234. The molecular formula is C44H55F3N12O14S. The molecule has 14 N–H and O–H groups in total. The van der Waals surface area contributed by atoms with Crippen molar-refractivity contribution in [2.75, 3.05) is 31.7 Å². The van der Waals surface area contributed by atoms with Gasteiger partial charge in [0.1, 0.15) is 40.6 Å². The van der Waals surface area contributed by atoms with E-state index in [2.05, 4.69) is 52.4 Å².